The smallest absolute Gasteiger partial charge is 0.226 e. The highest BCUT2D eigenvalue weighted by Crippen LogP contribution is 2.49. The van der Waals surface area contributed by atoms with Crippen molar-refractivity contribution in [2.75, 3.05) is 13.2 Å². The maximum absolute atomic E-state index is 13.2. The van der Waals surface area contributed by atoms with Gasteiger partial charge in [0.1, 0.15) is 5.82 Å². The Labute approximate surface area is 112 Å². The minimum Gasteiger partial charge on any atom is -0.394 e. The highest BCUT2D eigenvalue weighted by Gasteiger charge is 2.47. The first-order valence-electron chi connectivity index (χ1n) is 6.87. The molecule has 3 atom stereocenters. The lowest BCUT2D eigenvalue weighted by Gasteiger charge is -2.23. The van der Waals surface area contributed by atoms with Crippen molar-refractivity contribution in [3.63, 3.8) is 0 Å². The SMILES string of the molecule is O=C([C@@H]1C[C@@H]1c1cccc(F)c1)N1CCC[C@@H]1CO. The average Bonchev–Trinajstić information content (AvgIpc) is 3.07. The lowest BCUT2D eigenvalue weighted by molar-refractivity contribution is -0.134. The largest absolute Gasteiger partial charge is 0.394 e. The zero-order valence-corrected chi connectivity index (χ0v) is 10.8. The van der Waals surface area contributed by atoms with E-state index in [0.29, 0.717) is 0 Å². The van der Waals surface area contributed by atoms with Crippen molar-refractivity contribution in [1.82, 2.24) is 4.90 Å². The number of carbonyl (C=O) groups excluding carboxylic acids is 1. The Hall–Kier alpha value is -1.42. The zero-order chi connectivity index (χ0) is 13.4. The molecule has 1 aromatic carbocycles. The van der Waals surface area contributed by atoms with E-state index in [2.05, 4.69) is 0 Å². The molecule has 1 saturated heterocycles. The summed E-state index contributed by atoms with van der Waals surface area (Å²) in [4.78, 5) is 14.2. The molecule has 0 radical (unpaired) electrons. The number of hydrogen-bond acceptors (Lipinski definition) is 2. The van der Waals surface area contributed by atoms with Crippen LogP contribution in [0.25, 0.3) is 0 Å². The number of rotatable bonds is 3. The van der Waals surface area contributed by atoms with Crippen LogP contribution in [-0.2, 0) is 4.79 Å². The minimum absolute atomic E-state index is 0.0127. The Morgan fingerprint density at radius 3 is 3.05 bits per heavy atom. The van der Waals surface area contributed by atoms with Crippen molar-refractivity contribution in [2.45, 2.75) is 31.2 Å². The van der Waals surface area contributed by atoms with Crippen molar-refractivity contribution < 1.29 is 14.3 Å². The molecule has 0 unspecified atom stereocenters. The lowest BCUT2D eigenvalue weighted by atomic mass is 10.1. The quantitative estimate of drug-likeness (QED) is 0.905. The molecule has 2 aliphatic rings. The number of benzene rings is 1. The molecule has 1 aliphatic heterocycles. The maximum atomic E-state index is 13.2. The topological polar surface area (TPSA) is 40.5 Å². The fraction of sp³-hybridized carbons (Fsp3) is 0.533. The van der Waals surface area contributed by atoms with Gasteiger partial charge in [0.2, 0.25) is 5.91 Å². The molecular weight excluding hydrogens is 245 g/mol. The van der Waals surface area contributed by atoms with E-state index < -0.39 is 0 Å². The summed E-state index contributed by atoms with van der Waals surface area (Å²) in [6.07, 6.45) is 2.66. The normalized spacial score (nSPS) is 29.6. The molecule has 0 bridgehead atoms. The van der Waals surface area contributed by atoms with Crippen molar-refractivity contribution in [2.24, 2.45) is 5.92 Å². The molecule has 1 heterocycles. The van der Waals surface area contributed by atoms with Crippen LogP contribution in [0.5, 0.6) is 0 Å². The van der Waals surface area contributed by atoms with Crippen LogP contribution in [0.1, 0.15) is 30.7 Å². The number of nitrogens with zero attached hydrogens (tertiary/aromatic N) is 1. The maximum Gasteiger partial charge on any atom is 0.226 e. The number of halogens is 1. The number of hydrogen-bond donors (Lipinski definition) is 1. The third kappa shape index (κ3) is 2.37. The molecule has 102 valence electrons. The highest BCUT2D eigenvalue weighted by atomic mass is 19.1. The van der Waals surface area contributed by atoms with Crippen LogP contribution in [-0.4, -0.2) is 35.1 Å². The van der Waals surface area contributed by atoms with Crippen LogP contribution < -0.4 is 0 Å². The van der Waals surface area contributed by atoms with E-state index in [0.717, 1.165) is 31.4 Å². The molecule has 2 fully saturated rings. The Bertz CT molecular complexity index is 491. The Balaban J connectivity index is 1.68. The molecule has 1 aromatic rings. The van der Waals surface area contributed by atoms with Gasteiger partial charge in [-0.05, 0) is 42.9 Å². The molecule has 1 saturated carbocycles. The molecular formula is C15H18FNO2. The van der Waals surface area contributed by atoms with Crippen LogP contribution in [0.15, 0.2) is 24.3 Å². The van der Waals surface area contributed by atoms with Gasteiger partial charge in [0.15, 0.2) is 0 Å². The Morgan fingerprint density at radius 2 is 2.32 bits per heavy atom. The summed E-state index contributed by atoms with van der Waals surface area (Å²) < 4.78 is 13.2. The predicted octanol–water partition coefficient (Wildman–Crippen LogP) is 1.91. The first kappa shape index (κ1) is 12.6. The van der Waals surface area contributed by atoms with Gasteiger partial charge in [0.25, 0.3) is 0 Å². The van der Waals surface area contributed by atoms with E-state index in [9.17, 15) is 14.3 Å². The van der Waals surface area contributed by atoms with E-state index in [1.54, 1.807) is 6.07 Å². The van der Waals surface area contributed by atoms with Crippen LogP contribution >= 0.6 is 0 Å². The van der Waals surface area contributed by atoms with Gasteiger partial charge >= 0.3 is 0 Å². The summed E-state index contributed by atoms with van der Waals surface area (Å²) >= 11 is 0. The third-order valence-corrected chi connectivity index (χ3v) is 4.26. The highest BCUT2D eigenvalue weighted by molar-refractivity contribution is 5.83. The van der Waals surface area contributed by atoms with Crippen molar-refractivity contribution in [1.29, 1.82) is 0 Å². The monoisotopic (exact) mass is 263 g/mol. The van der Waals surface area contributed by atoms with Gasteiger partial charge in [-0.25, -0.2) is 4.39 Å². The van der Waals surface area contributed by atoms with Crippen LogP contribution in [0.4, 0.5) is 4.39 Å². The number of aliphatic hydroxyl groups is 1. The number of carbonyl (C=O) groups is 1. The van der Waals surface area contributed by atoms with E-state index in [4.69, 9.17) is 0 Å². The Morgan fingerprint density at radius 1 is 1.47 bits per heavy atom. The van der Waals surface area contributed by atoms with Crippen LogP contribution in [0, 0.1) is 11.7 Å². The molecule has 3 rings (SSSR count). The molecule has 0 spiro atoms. The lowest BCUT2D eigenvalue weighted by Crippen LogP contribution is -2.38. The third-order valence-electron chi connectivity index (χ3n) is 4.26. The van der Waals surface area contributed by atoms with Crippen LogP contribution in [0.2, 0.25) is 0 Å². The zero-order valence-electron chi connectivity index (χ0n) is 10.8. The molecule has 1 amide bonds. The summed E-state index contributed by atoms with van der Waals surface area (Å²) in [5.74, 6) is 0.0212. The van der Waals surface area contributed by atoms with E-state index >= 15 is 0 Å². The predicted molar refractivity (Wildman–Crippen MR) is 69.1 cm³/mol. The molecule has 0 aromatic heterocycles. The minimum atomic E-state index is -0.245. The first-order valence-corrected chi connectivity index (χ1v) is 6.87. The van der Waals surface area contributed by atoms with Gasteiger partial charge in [-0.15, -0.1) is 0 Å². The van der Waals surface area contributed by atoms with E-state index in [1.807, 2.05) is 11.0 Å². The second-order valence-corrected chi connectivity index (χ2v) is 5.51. The number of aliphatic hydroxyl groups excluding tert-OH is 1. The number of likely N-dealkylation sites (tertiary alicyclic amines) is 1. The fourth-order valence-electron chi connectivity index (χ4n) is 3.10. The fourth-order valence-corrected chi connectivity index (χ4v) is 3.10. The average molecular weight is 263 g/mol. The van der Waals surface area contributed by atoms with Gasteiger partial charge in [0.05, 0.1) is 12.6 Å². The van der Waals surface area contributed by atoms with Crippen LogP contribution in [0.3, 0.4) is 0 Å². The van der Waals surface area contributed by atoms with E-state index in [-0.39, 0.29) is 36.2 Å². The summed E-state index contributed by atoms with van der Waals surface area (Å²) in [5, 5.41) is 9.26. The molecule has 4 heteroatoms. The molecule has 19 heavy (non-hydrogen) atoms. The Kier molecular flexibility index (Phi) is 3.27. The van der Waals surface area contributed by atoms with Crippen molar-refractivity contribution >= 4 is 5.91 Å². The summed E-state index contributed by atoms with van der Waals surface area (Å²) in [6, 6.07) is 6.50. The second kappa shape index (κ2) is 4.93. The van der Waals surface area contributed by atoms with Gasteiger partial charge in [-0.3, -0.25) is 4.79 Å². The number of amides is 1. The summed E-state index contributed by atoms with van der Waals surface area (Å²) in [5.41, 5.74) is 0.915. The summed E-state index contributed by atoms with van der Waals surface area (Å²) in [7, 11) is 0. The molecule has 1 N–H and O–H groups in total. The second-order valence-electron chi connectivity index (χ2n) is 5.51. The van der Waals surface area contributed by atoms with Gasteiger partial charge in [-0.1, -0.05) is 12.1 Å². The molecule has 1 aliphatic carbocycles. The van der Waals surface area contributed by atoms with Gasteiger partial charge in [0, 0.05) is 12.5 Å². The van der Waals surface area contributed by atoms with Gasteiger partial charge in [-0.2, -0.15) is 0 Å². The summed E-state index contributed by atoms with van der Waals surface area (Å²) in [6.45, 7) is 0.791. The van der Waals surface area contributed by atoms with Crippen molar-refractivity contribution in [3.05, 3.63) is 35.6 Å². The standard InChI is InChI=1S/C15H18FNO2/c16-11-4-1-3-10(7-11)13-8-14(13)15(19)17-6-2-5-12(17)9-18/h1,3-4,7,12-14,18H,2,5-6,8-9H2/t12-,13-,14-/m1/s1. The molecule has 3 nitrogen and oxygen atoms in total. The van der Waals surface area contributed by atoms with Gasteiger partial charge < -0.3 is 10.0 Å². The van der Waals surface area contributed by atoms with E-state index in [1.165, 1.54) is 12.1 Å². The first-order chi connectivity index (χ1) is 9.20. The van der Waals surface area contributed by atoms with Crippen molar-refractivity contribution in [3.8, 4) is 0 Å².